The molecule has 0 saturated carbocycles. The lowest BCUT2D eigenvalue weighted by Gasteiger charge is -2.22. The Morgan fingerprint density at radius 3 is 2.60 bits per heavy atom. The molecule has 0 unspecified atom stereocenters. The zero-order valence-electron chi connectivity index (χ0n) is 12.7. The Bertz CT molecular complexity index is 453. The lowest BCUT2D eigenvalue weighted by molar-refractivity contribution is -0.118. The number of amides is 1. The molecule has 0 atom stereocenters. The smallest absolute Gasteiger partial charge is 0.220 e. The number of carbonyl (C=O) groups excluding carboxylic acids is 1. The average molecular weight is 280 g/mol. The van der Waals surface area contributed by atoms with Crippen LogP contribution in [0.3, 0.4) is 0 Å². The fourth-order valence-electron chi connectivity index (χ4n) is 1.56. The van der Waals surface area contributed by atoms with Gasteiger partial charge in [-0.05, 0) is 26.8 Å². The number of hydrogen-bond donors (Lipinski definition) is 2. The zero-order chi connectivity index (χ0) is 15.2. The number of carbonyl (C=O) groups is 1. The van der Waals surface area contributed by atoms with Gasteiger partial charge in [0.15, 0.2) is 0 Å². The summed E-state index contributed by atoms with van der Waals surface area (Å²) in [5.41, 5.74) is 6.15. The summed E-state index contributed by atoms with van der Waals surface area (Å²) in [6, 6.07) is 5.67. The first-order chi connectivity index (χ1) is 9.31. The molecule has 0 aliphatic carbocycles. The van der Waals surface area contributed by atoms with E-state index in [0.29, 0.717) is 12.3 Å². The summed E-state index contributed by atoms with van der Waals surface area (Å²) < 4.78 is 10.8. The van der Waals surface area contributed by atoms with E-state index in [1.165, 1.54) is 0 Å². The molecule has 0 fully saturated rings. The van der Waals surface area contributed by atoms with Crippen molar-refractivity contribution >= 4 is 5.91 Å². The van der Waals surface area contributed by atoms with Crippen LogP contribution in [0.4, 0.5) is 0 Å². The molecule has 112 valence electrons. The summed E-state index contributed by atoms with van der Waals surface area (Å²) in [6.45, 7) is 7.25. The second-order valence-corrected chi connectivity index (χ2v) is 5.64. The van der Waals surface area contributed by atoms with E-state index in [-0.39, 0.29) is 24.5 Å². The summed E-state index contributed by atoms with van der Waals surface area (Å²) >= 11 is 0. The molecule has 0 spiro atoms. The Balaban J connectivity index is 2.77. The van der Waals surface area contributed by atoms with Crippen LogP contribution in [0.2, 0.25) is 0 Å². The molecule has 1 aromatic carbocycles. The molecule has 0 bridgehead atoms. The number of rotatable bonds is 7. The Labute approximate surface area is 120 Å². The molecule has 1 amide bonds. The maximum absolute atomic E-state index is 10.8. The Morgan fingerprint density at radius 2 is 2.05 bits per heavy atom. The van der Waals surface area contributed by atoms with E-state index in [1.54, 1.807) is 7.11 Å². The van der Waals surface area contributed by atoms with E-state index in [9.17, 15) is 4.79 Å². The summed E-state index contributed by atoms with van der Waals surface area (Å²) in [7, 11) is 1.61. The first-order valence-electron chi connectivity index (χ1n) is 6.65. The molecule has 0 radical (unpaired) electrons. The SMILES string of the molecule is COc1ccc(CNC(C)(C)C)c(OCCC(N)=O)c1. The summed E-state index contributed by atoms with van der Waals surface area (Å²) in [6.07, 6.45) is 0.198. The lowest BCUT2D eigenvalue weighted by Crippen LogP contribution is -2.35. The van der Waals surface area contributed by atoms with Crippen LogP contribution < -0.4 is 20.5 Å². The van der Waals surface area contributed by atoms with Crippen molar-refractivity contribution in [3.8, 4) is 11.5 Å². The Morgan fingerprint density at radius 1 is 1.35 bits per heavy atom. The highest BCUT2D eigenvalue weighted by Crippen LogP contribution is 2.25. The van der Waals surface area contributed by atoms with Gasteiger partial charge in [-0.25, -0.2) is 0 Å². The van der Waals surface area contributed by atoms with E-state index >= 15 is 0 Å². The zero-order valence-corrected chi connectivity index (χ0v) is 12.7. The summed E-state index contributed by atoms with van der Waals surface area (Å²) in [5, 5.41) is 3.40. The van der Waals surface area contributed by atoms with Crippen molar-refractivity contribution in [3.05, 3.63) is 23.8 Å². The van der Waals surface area contributed by atoms with Crippen LogP contribution in [-0.4, -0.2) is 25.2 Å². The van der Waals surface area contributed by atoms with Crippen LogP contribution in [0.5, 0.6) is 11.5 Å². The van der Waals surface area contributed by atoms with Gasteiger partial charge in [-0.3, -0.25) is 4.79 Å². The highest BCUT2D eigenvalue weighted by atomic mass is 16.5. The number of nitrogens with two attached hydrogens (primary N) is 1. The van der Waals surface area contributed by atoms with Gasteiger partial charge in [0.2, 0.25) is 5.91 Å². The number of nitrogens with one attached hydrogen (secondary N) is 1. The summed E-state index contributed by atoms with van der Waals surface area (Å²) in [4.78, 5) is 10.8. The highest BCUT2D eigenvalue weighted by molar-refractivity contribution is 5.73. The molecule has 0 heterocycles. The molecule has 3 N–H and O–H groups in total. The number of hydrogen-bond acceptors (Lipinski definition) is 4. The predicted octanol–water partition coefficient (Wildman–Crippen LogP) is 1.84. The molecule has 0 saturated heterocycles. The maximum atomic E-state index is 10.8. The lowest BCUT2D eigenvalue weighted by atomic mass is 10.1. The Hall–Kier alpha value is -1.75. The minimum absolute atomic E-state index is 0.0183. The highest BCUT2D eigenvalue weighted by Gasteiger charge is 2.12. The van der Waals surface area contributed by atoms with E-state index in [0.717, 1.165) is 11.3 Å². The number of methoxy groups -OCH3 is 1. The van der Waals surface area contributed by atoms with E-state index in [4.69, 9.17) is 15.2 Å². The molecule has 5 heteroatoms. The largest absolute Gasteiger partial charge is 0.497 e. The fraction of sp³-hybridized carbons (Fsp3) is 0.533. The third kappa shape index (κ3) is 5.93. The van der Waals surface area contributed by atoms with Crippen LogP contribution in [0.25, 0.3) is 0 Å². The average Bonchev–Trinajstić information content (AvgIpc) is 2.35. The van der Waals surface area contributed by atoms with Crippen molar-refractivity contribution in [2.75, 3.05) is 13.7 Å². The van der Waals surface area contributed by atoms with Crippen molar-refractivity contribution in [2.24, 2.45) is 5.73 Å². The number of ether oxygens (including phenoxy) is 2. The van der Waals surface area contributed by atoms with Gasteiger partial charge < -0.3 is 20.5 Å². The predicted molar refractivity (Wildman–Crippen MR) is 78.9 cm³/mol. The van der Waals surface area contributed by atoms with Gasteiger partial charge >= 0.3 is 0 Å². The molecule has 1 rings (SSSR count). The standard InChI is InChI=1S/C15H24N2O3/c1-15(2,3)17-10-11-5-6-12(19-4)9-13(11)20-8-7-14(16)18/h5-6,9,17H,7-8,10H2,1-4H3,(H2,16,18). The molecule has 0 aliphatic rings. The molecule has 0 aliphatic heterocycles. The van der Waals surface area contributed by atoms with Crippen LogP contribution in [0.1, 0.15) is 32.8 Å². The van der Waals surface area contributed by atoms with Crippen molar-refractivity contribution in [2.45, 2.75) is 39.3 Å². The van der Waals surface area contributed by atoms with Gasteiger partial charge in [0.05, 0.1) is 20.1 Å². The monoisotopic (exact) mass is 280 g/mol. The van der Waals surface area contributed by atoms with E-state index < -0.39 is 0 Å². The van der Waals surface area contributed by atoms with Gasteiger partial charge in [-0.15, -0.1) is 0 Å². The first kappa shape index (κ1) is 16.3. The Kier molecular flexibility index (Phi) is 5.82. The van der Waals surface area contributed by atoms with E-state index in [2.05, 4.69) is 26.1 Å². The van der Waals surface area contributed by atoms with Crippen LogP contribution in [0, 0.1) is 0 Å². The second-order valence-electron chi connectivity index (χ2n) is 5.64. The summed E-state index contributed by atoms with van der Waals surface area (Å²) in [5.74, 6) is 1.06. The minimum Gasteiger partial charge on any atom is -0.497 e. The van der Waals surface area contributed by atoms with Gasteiger partial charge in [0.1, 0.15) is 11.5 Å². The first-order valence-corrected chi connectivity index (χ1v) is 6.65. The third-order valence-electron chi connectivity index (χ3n) is 2.69. The van der Waals surface area contributed by atoms with Gasteiger partial charge in [0.25, 0.3) is 0 Å². The van der Waals surface area contributed by atoms with Gasteiger partial charge in [-0.1, -0.05) is 6.07 Å². The van der Waals surface area contributed by atoms with Crippen molar-refractivity contribution in [1.82, 2.24) is 5.32 Å². The fourth-order valence-corrected chi connectivity index (χ4v) is 1.56. The second kappa shape index (κ2) is 7.14. The molecule has 20 heavy (non-hydrogen) atoms. The van der Waals surface area contributed by atoms with Crippen molar-refractivity contribution in [1.29, 1.82) is 0 Å². The van der Waals surface area contributed by atoms with Crippen molar-refractivity contribution in [3.63, 3.8) is 0 Å². The van der Waals surface area contributed by atoms with Crippen LogP contribution in [0.15, 0.2) is 18.2 Å². The molecule has 5 nitrogen and oxygen atoms in total. The van der Waals surface area contributed by atoms with Crippen molar-refractivity contribution < 1.29 is 14.3 Å². The van der Waals surface area contributed by atoms with Crippen LogP contribution in [-0.2, 0) is 11.3 Å². The number of primary amides is 1. The maximum Gasteiger partial charge on any atom is 0.220 e. The minimum atomic E-state index is -0.373. The molecular formula is C15H24N2O3. The van der Waals surface area contributed by atoms with Gasteiger partial charge in [-0.2, -0.15) is 0 Å². The topological polar surface area (TPSA) is 73.6 Å². The van der Waals surface area contributed by atoms with Crippen LogP contribution >= 0.6 is 0 Å². The molecular weight excluding hydrogens is 256 g/mol. The van der Waals surface area contributed by atoms with E-state index in [1.807, 2.05) is 18.2 Å². The quantitative estimate of drug-likeness (QED) is 0.799. The molecule has 1 aromatic rings. The third-order valence-corrected chi connectivity index (χ3v) is 2.69. The normalized spacial score (nSPS) is 11.2. The molecule has 0 aromatic heterocycles. The van der Waals surface area contributed by atoms with Gasteiger partial charge in [0, 0.05) is 23.7 Å². The number of benzene rings is 1.